The van der Waals surface area contributed by atoms with Gasteiger partial charge in [0.05, 0.1) is 12.2 Å². The van der Waals surface area contributed by atoms with Crippen molar-refractivity contribution in [2.45, 2.75) is 105 Å². The van der Waals surface area contributed by atoms with E-state index in [1.54, 1.807) is 0 Å². The molecule has 4 aliphatic rings. The van der Waals surface area contributed by atoms with E-state index < -0.39 is 0 Å². The van der Waals surface area contributed by atoms with E-state index in [9.17, 15) is 10.2 Å². The van der Waals surface area contributed by atoms with E-state index in [4.69, 9.17) is 0 Å². The largest absolute Gasteiger partial charge is 0.393 e. The van der Waals surface area contributed by atoms with Gasteiger partial charge >= 0.3 is 0 Å². The molecule has 11 atom stereocenters. The molecule has 0 heterocycles. The Morgan fingerprint density at radius 1 is 0.926 bits per heavy atom. The number of hydrogen-bond acceptors (Lipinski definition) is 2. The fourth-order valence-electron chi connectivity index (χ4n) is 9.28. The number of rotatable bonds is 3. The minimum Gasteiger partial charge on any atom is -0.393 e. The Hall–Kier alpha value is -0.0800. The van der Waals surface area contributed by atoms with E-state index in [-0.39, 0.29) is 12.2 Å². The Kier molecular flexibility index (Phi) is 5.25. The van der Waals surface area contributed by atoms with Crippen molar-refractivity contribution in [3.63, 3.8) is 0 Å². The first-order valence-corrected chi connectivity index (χ1v) is 12.1. The van der Waals surface area contributed by atoms with Crippen molar-refractivity contribution < 1.29 is 10.2 Å². The SMILES string of the molecule is CCC[C@@H](C)[C@H]1CCC2C3C(O)[C@H](C)[C@@H]4C[C@H](O)CC[C@]4(C)C3CC[C@@]21C. The third-order valence-electron chi connectivity index (χ3n) is 10.6. The highest BCUT2D eigenvalue weighted by molar-refractivity contribution is 5.13. The molecule has 4 aliphatic carbocycles. The molecule has 0 aromatic rings. The van der Waals surface area contributed by atoms with Crippen LogP contribution in [0, 0.1) is 52.3 Å². The average Bonchev–Trinajstić information content (AvgIpc) is 2.98. The van der Waals surface area contributed by atoms with Gasteiger partial charge < -0.3 is 10.2 Å². The molecule has 2 N–H and O–H groups in total. The standard InChI is InChI=1S/C25H44O2/c1-6-7-15(2)18-8-9-19-22-20(11-13-24(18,19)4)25(5)12-10-17(26)14-21(25)16(3)23(22)27/h15-23,26-27H,6-14H2,1-5H3/t15-,16-,17-,18-,19?,20?,21+,22?,23?,24-,25-/m1/s1. The fraction of sp³-hybridized carbons (Fsp3) is 1.00. The van der Waals surface area contributed by atoms with Gasteiger partial charge in [-0.05, 0) is 97.2 Å². The molecule has 4 saturated carbocycles. The van der Waals surface area contributed by atoms with Crippen LogP contribution in [-0.2, 0) is 0 Å². The Morgan fingerprint density at radius 2 is 1.59 bits per heavy atom. The lowest BCUT2D eigenvalue weighted by atomic mass is 9.42. The van der Waals surface area contributed by atoms with E-state index >= 15 is 0 Å². The zero-order chi connectivity index (χ0) is 19.6. The summed E-state index contributed by atoms with van der Waals surface area (Å²) in [5, 5.41) is 21.8. The molecule has 0 amide bonds. The highest BCUT2D eigenvalue weighted by Gasteiger charge is 2.64. The summed E-state index contributed by atoms with van der Waals surface area (Å²) in [5.41, 5.74) is 0.769. The molecule has 4 rings (SSSR count). The molecule has 0 saturated heterocycles. The number of aliphatic hydroxyl groups excluding tert-OH is 2. The Balaban J connectivity index is 1.65. The third kappa shape index (κ3) is 2.87. The van der Waals surface area contributed by atoms with Gasteiger partial charge in [0.2, 0.25) is 0 Å². The van der Waals surface area contributed by atoms with Gasteiger partial charge in [0.15, 0.2) is 0 Å². The van der Waals surface area contributed by atoms with E-state index in [0.29, 0.717) is 40.4 Å². The number of fused-ring (bicyclic) bond motifs is 5. The number of aliphatic hydroxyl groups is 2. The summed E-state index contributed by atoms with van der Waals surface area (Å²) in [6.07, 6.45) is 10.8. The maximum absolute atomic E-state index is 11.5. The predicted octanol–water partition coefficient (Wildman–Crippen LogP) is 5.66. The second kappa shape index (κ2) is 7.01. The maximum Gasteiger partial charge on any atom is 0.0602 e. The van der Waals surface area contributed by atoms with E-state index in [1.165, 1.54) is 38.5 Å². The molecule has 0 aromatic carbocycles. The Labute approximate surface area is 167 Å². The molecule has 156 valence electrons. The molecule has 2 nitrogen and oxygen atoms in total. The highest BCUT2D eigenvalue weighted by Crippen LogP contribution is 2.69. The van der Waals surface area contributed by atoms with Crippen molar-refractivity contribution in [2.24, 2.45) is 52.3 Å². The van der Waals surface area contributed by atoms with Crippen LogP contribution in [0.3, 0.4) is 0 Å². The molecule has 27 heavy (non-hydrogen) atoms. The highest BCUT2D eigenvalue weighted by atomic mass is 16.3. The van der Waals surface area contributed by atoms with Crippen molar-refractivity contribution in [1.29, 1.82) is 0 Å². The summed E-state index contributed by atoms with van der Waals surface area (Å²) in [4.78, 5) is 0. The predicted molar refractivity (Wildman–Crippen MR) is 111 cm³/mol. The van der Waals surface area contributed by atoms with Crippen LogP contribution >= 0.6 is 0 Å². The fourth-order valence-corrected chi connectivity index (χ4v) is 9.28. The van der Waals surface area contributed by atoms with Crippen LogP contribution in [0.15, 0.2) is 0 Å². The topological polar surface area (TPSA) is 40.5 Å². The van der Waals surface area contributed by atoms with Gasteiger partial charge in [-0.25, -0.2) is 0 Å². The first-order chi connectivity index (χ1) is 12.7. The van der Waals surface area contributed by atoms with Crippen molar-refractivity contribution in [3.05, 3.63) is 0 Å². The molecule has 0 bridgehead atoms. The first kappa shape index (κ1) is 20.2. The van der Waals surface area contributed by atoms with Crippen LogP contribution in [0.4, 0.5) is 0 Å². The summed E-state index contributed by atoms with van der Waals surface area (Å²) in [7, 11) is 0. The quantitative estimate of drug-likeness (QED) is 0.667. The molecule has 4 fully saturated rings. The Bertz CT molecular complexity index is 546. The molecule has 0 spiro atoms. The van der Waals surface area contributed by atoms with Gasteiger partial charge in [0.25, 0.3) is 0 Å². The van der Waals surface area contributed by atoms with Crippen LogP contribution in [0.25, 0.3) is 0 Å². The van der Waals surface area contributed by atoms with E-state index in [0.717, 1.165) is 31.1 Å². The summed E-state index contributed by atoms with van der Waals surface area (Å²) in [6.45, 7) is 12.2. The van der Waals surface area contributed by atoms with Gasteiger partial charge in [-0.2, -0.15) is 0 Å². The van der Waals surface area contributed by atoms with E-state index in [2.05, 4.69) is 34.6 Å². The Morgan fingerprint density at radius 3 is 2.30 bits per heavy atom. The van der Waals surface area contributed by atoms with Gasteiger partial charge in [-0.3, -0.25) is 0 Å². The lowest BCUT2D eigenvalue weighted by molar-refractivity contribution is -0.199. The van der Waals surface area contributed by atoms with Crippen molar-refractivity contribution in [3.8, 4) is 0 Å². The van der Waals surface area contributed by atoms with Crippen LogP contribution in [0.1, 0.15) is 92.4 Å². The maximum atomic E-state index is 11.5. The van der Waals surface area contributed by atoms with Gasteiger partial charge in [-0.15, -0.1) is 0 Å². The molecule has 2 heteroatoms. The first-order valence-electron chi connectivity index (χ1n) is 12.1. The molecule has 4 unspecified atom stereocenters. The molecule has 0 aliphatic heterocycles. The van der Waals surface area contributed by atoms with Crippen molar-refractivity contribution in [1.82, 2.24) is 0 Å². The molecular weight excluding hydrogens is 332 g/mol. The minimum atomic E-state index is -0.164. The third-order valence-corrected chi connectivity index (χ3v) is 10.6. The zero-order valence-corrected chi connectivity index (χ0v) is 18.5. The second-order valence-corrected chi connectivity index (χ2v) is 11.7. The summed E-state index contributed by atoms with van der Waals surface area (Å²) in [6, 6.07) is 0. The van der Waals surface area contributed by atoms with Crippen molar-refractivity contribution >= 4 is 0 Å². The lowest BCUT2D eigenvalue weighted by Crippen LogP contribution is -2.61. The van der Waals surface area contributed by atoms with Crippen LogP contribution in [-0.4, -0.2) is 22.4 Å². The van der Waals surface area contributed by atoms with Gasteiger partial charge in [0, 0.05) is 0 Å². The smallest absolute Gasteiger partial charge is 0.0602 e. The molecular formula is C25H44O2. The summed E-state index contributed by atoms with van der Waals surface area (Å²) in [5.74, 6) is 4.38. The van der Waals surface area contributed by atoms with E-state index in [1.807, 2.05) is 0 Å². The second-order valence-electron chi connectivity index (χ2n) is 11.7. The van der Waals surface area contributed by atoms with Gasteiger partial charge in [-0.1, -0.05) is 47.5 Å². The van der Waals surface area contributed by atoms with Gasteiger partial charge in [0.1, 0.15) is 0 Å². The average molecular weight is 377 g/mol. The minimum absolute atomic E-state index is 0.145. The zero-order valence-electron chi connectivity index (χ0n) is 18.5. The van der Waals surface area contributed by atoms with Crippen LogP contribution in [0.5, 0.6) is 0 Å². The van der Waals surface area contributed by atoms with Crippen molar-refractivity contribution in [2.75, 3.05) is 0 Å². The monoisotopic (exact) mass is 376 g/mol. The summed E-state index contributed by atoms with van der Waals surface area (Å²) < 4.78 is 0. The van der Waals surface area contributed by atoms with Crippen LogP contribution in [0.2, 0.25) is 0 Å². The molecule has 0 aromatic heterocycles. The lowest BCUT2D eigenvalue weighted by Gasteiger charge is -2.64. The molecule has 0 radical (unpaired) electrons. The normalized spacial score (nSPS) is 56.1. The number of hydrogen-bond donors (Lipinski definition) is 2. The summed E-state index contributed by atoms with van der Waals surface area (Å²) >= 11 is 0. The van der Waals surface area contributed by atoms with Crippen LogP contribution < -0.4 is 0 Å².